The van der Waals surface area contributed by atoms with E-state index in [1.54, 1.807) is 6.07 Å². The second-order valence-electron chi connectivity index (χ2n) is 6.32. The van der Waals surface area contributed by atoms with E-state index in [9.17, 15) is 9.59 Å². The van der Waals surface area contributed by atoms with E-state index in [-0.39, 0.29) is 18.2 Å². The van der Waals surface area contributed by atoms with Crippen LogP contribution in [0.2, 0.25) is 0 Å². The quantitative estimate of drug-likeness (QED) is 0.760. The highest BCUT2D eigenvalue weighted by atomic mass is 32.1. The monoisotopic (exact) mass is 392 g/mol. The first-order chi connectivity index (χ1) is 12.7. The van der Waals surface area contributed by atoms with E-state index in [1.165, 1.54) is 22.7 Å². The minimum Gasteiger partial charge on any atom is -0.339 e. The van der Waals surface area contributed by atoms with E-state index in [1.807, 2.05) is 21.7 Å². The molecule has 1 aliphatic heterocycles. The number of hydrogen-bond donors (Lipinski definition) is 2. The summed E-state index contributed by atoms with van der Waals surface area (Å²) in [6.07, 6.45) is 3.25. The van der Waals surface area contributed by atoms with Crippen molar-refractivity contribution in [2.75, 3.05) is 25.0 Å². The summed E-state index contributed by atoms with van der Waals surface area (Å²) >= 11 is 2.75. The molecule has 0 spiro atoms. The van der Waals surface area contributed by atoms with E-state index in [4.69, 9.17) is 0 Å². The molecule has 2 aromatic heterocycles. The van der Waals surface area contributed by atoms with Gasteiger partial charge in [-0.15, -0.1) is 22.7 Å². The number of aromatic nitrogens is 1. The van der Waals surface area contributed by atoms with Crippen LogP contribution >= 0.6 is 22.7 Å². The molecule has 26 heavy (non-hydrogen) atoms. The van der Waals surface area contributed by atoms with Gasteiger partial charge in [0.05, 0.1) is 17.0 Å². The van der Waals surface area contributed by atoms with Crippen molar-refractivity contribution in [3.05, 3.63) is 33.5 Å². The lowest BCUT2D eigenvalue weighted by atomic mass is 10.0. The van der Waals surface area contributed by atoms with Crippen LogP contribution in [0.25, 0.3) is 0 Å². The van der Waals surface area contributed by atoms with Gasteiger partial charge in [0.1, 0.15) is 0 Å². The molecule has 0 radical (unpaired) electrons. The van der Waals surface area contributed by atoms with Crippen LogP contribution in [0.1, 0.15) is 41.6 Å². The van der Waals surface area contributed by atoms with Crippen molar-refractivity contribution in [3.8, 4) is 0 Å². The molecule has 2 N–H and O–H groups in total. The van der Waals surface area contributed by atoms with Crippen molar-refractivity contribution < 1.29 is 9.59 Å². The first-order valence-corrected chi connectivity index (χ1v) is 10.7. The van der Waals surface area contributed by atoms with Gasteiger partial charge in [0.15, 0.2) is 5.13 Å². The Morgan fingerprint density at radius 3 is 2.85 bits per heavy atom. The predicted molar refractivity (Wildman–Crippen MR) is 106 cm³/mol. The average molecular weight is 393 g/mol. The van der Waals surface area contributed by atoms with Gasteiger partial charge in [0, 0.05) is 18.0 Å². The second kappa shape index (κ2) is 9.25. The third-order valence-electron chi connectivity index (χ3n) is 4.38. The lowest BCUT2D eigenvalue weighted by molar-refractivity contribution is -0.133. The summed E-state index contributed by atoms with van der Waals surface area (Å²) in [7, 11) is 0. The zero-order valence-corrected chi connectivity index (χ0v) is 16.5. The summed E-state index contributed by atoms with van der Waals surface area (Å²) in [6.45, 7) is 4.82. The Labute approximate surface area is 161 Å². The number of carbonyl (C=O) groups excluding carboxylic acids is 2. The van der Waals surface area contributed by atoms with Gasteiger partial charge in [-0.25, -0.2) is 4.98 Å². The highest BCUT2D eigenvalue weighted by molar-refractivity contribution is 7.14. The van der Waals surface area contributed by atoms with Gasteiger partial charge in [-0.1, -0.05) is 13.0 Å². The molecule has 0 saturated carbocycles. The minimum atomic E-state index is -0.158. The minimum absolute atomic E-state index is 0.125. The number of rotatable bonds is 7. The van der Waals surface area contributed by atoms with E-state index in [2.05, 4.69) is 22.5 Å². The van der Waals surface area contributed by atoms with Gasteiger partial charge >= 0.3 is 0 Å². The molecule has 8 heteroatoms. The lowest BCUT2D eigenvalue weighted by Gasteiger charge is -2.34. The Kier molecular flexibility index (Phi) is 6.76. The zero-order chi connectivity index (χ0) is 18.4. The Balaban J connectivity index is 1.59. The number of nitrogens with one attached hydrogen (secondary N) is 2. The van der Waals surface area contributed by atoms with E-state index in [0.717, 1.165) is 44.6 Å². The summed E-state index contributed by atoms with van der Waals surface area (Å²) in [5, 5.41) is 10.4. The van der Waals surface area contributed by atoms with Crippen molar-refractivity contribution in [3.63, 3.8) is 0 Å². The normalized spacial score (nSPS) is 15.0. The smallest absolute Gasteiger partial charge is 0.267 e. The van der Waals surface area contributed by atoms with Gasteiger partial charge < -0.3 is 10.2 Å². The van der Waals surface area contributed by atoms with Crippen LogP contribution in [0.5, 0.6) is 0 Å². The van der Waals surface area contributed by atoms with Crippen molar-refractivity contribution >= 4 is 39.6 Å². The Morgan fingerprint density at radius 2 is 2.15 bits per heavy atom. The summed E-state index contributed by atoms with van der Waals surface area (Å²) in [4.78, 5) is 32.0. The Hall–Kier alpha value is -1.77. The zero-order valence-electron chi connectivity index (χ0n) is 14.9. The fourth-order valence-corrected chi connectivity index (χ4v) is 4.46. The molecular formula is C18H24N4O2S2. The van der Waals surface area contributed by atoms with Crippen molar-refractivity contribution in [2.45, 2.75) is 38.6 Å². The first-order valence-electron chi connectivity index (χ1n) is 8.96. The summed E-state index contributed by atoms with van der Waals surface area (Å²) in [6, 6.07) is 3.94. The van der Waals surface area contributed by atoms with Crippen LogP contribution in [0.3, 0.4) is 0 Å². The van der Waals surface area contributed by atoms with Gasteiger partial charge in [-0.3, -0.25) is 14.9 Å². The number of piperidine rings is 1. The number of carbonyl (C=O) groups is 2. The van der Waals surface area contributed by atoms with Crippen LogP contribution in [0.15, 0.2) is 22.9 Å². The maximum absolute atomic E-state index is 12.8. The van der Waals surface area contributed by atoms with Crippen molar-refractivity contribution in [1.82, 2.24) is 15.2 Å². The van der Waals surface area contributed by atoms with Gasteiger partial charge in [0.2, 0.25) is 5.91 Å². The summed E-state index contributed by atoms with van der Waals surface area (Å²) in [5.74, 6) is -0.0327. The molecule has 2 aromatic rings. The number of anilines is 1. The van der Waals surface area contributed by atoms with Crippen LogP contribution in [0, 0.1) is 0 Å². The topological polar surface area (TPSA) is 74.3 Å². The molecule has 2 amide bonds. The standard InChI is InChI=1S/C18H24N4O2S2/c1-2-9-22(14-5-7-19-8-6-14)16(23)11-13-12-26-18(20-13)21-17(24)15-4-3-10-25-15/h3-4,10,12,14,19H,2,5-9,11H2,1H3,(H,20,21,24). The molecule has 1 fully saturated rings. The van der Waals surface area contributed by atoms with Crippen molar-refractivity contribution in [2.24, 2.45) is 0 Å². The number of amides is 2. The van der Waals surface area contributed by atoms with Gasteiger partial charge in [0.25, 0.3) is 5.91 Å². The largest absolute Gasteiger partial charge is 0.339 e. The maximum atomic E-state index is 12.8. The SMILES string of the molecule is CCCN(C(=O)Cc1csc(NC(=O)c2cccs2)n1)C1CCNCC1. The van der Waals surface area contributed by atoms with Crippen LogP contribution in [-0.2, 0) is 11.2 Å². The molecule has 0 unspecified atom stereocenters. The number of nitrogens with zero attached hydrogens (tertiary/aromatic N) is 2. The van der Waals surface area contributed by atoms with Gasteiger partial charge in [-0.2, -0.15) is 0 Å². The van der Waals surface area contributed by atoms with E-state index in [0.29, 0.717) is 16.1 Å². The van der Waals surface area contributed by atoms with Gasteiger partial charge in [-0.05, 0) is 43.8 Å². The third-order valence-corrected chi connectivity index (χ3v) is 6.06. The maximum Gasteiger partial charge on any atom is 0.267 e. The molecule has 0 aromatic carbocycles. The molecule has 0 bridgehead atoms. The number of thiazole rings is 1. The Bertz CT molecular complexity index is 723. The average Bonchev–Trinajstić information content (AvgIpc) is 3.32. The predicted octanol–water partition coefficient (Wildman–Crippen LogP) is 2.99. The highest BCUT2D eigenvalue weighted by Crippen LogP contribution is 2.20. The molecule has 0 atom stereocenters. The second-order valence-corrected chi connectivity index (χ2v) is 8.13. The first kappa shape index (κ1) is 19.0. The molecular weight excluding hydrogens is 368 g/mol. The fourth-order valence-electron chi connectivity index (χ4n) is 3.14. The lowest BCUT2D eigenvalue weighted by Crippen LogP contribution is -2.47. The summed E-state index contributed by atoms with van der Waals surface area (Å²) in [5.41, 5.74) is 0.719. The molecule has 3 rings (SSSR count). The van der Waals surface area contributed by atoms with Crippen LogP contribution in [0.4, 0.5) is 5.13 Å². The molecule has 0 aliphatic carbocycles. The van der Waals surface area contributed by atoms with Crippen LogP contribution in [-0.4, -0.2) is 47.4 Å². The molecule has 1 aliphatic rings. The molecule has 6 nitrogen and oxygen atoms in total. The van der Waals surface area contributed by atoms with Crippen molar-refractivity contribution in [1.29, 1.82) is 0 Å². The highest BCUT2D eigenvalue weighted by Gasteiger charge is 2.25. The number of thiophene rings is 1. The Morgan fingerprint density at radius 1 is 1.35 bits per heavy atom. The van der Waals surface area contributed by atoms with E-state index < -0.39 is 0 Å². The molecule has 3 heterocycles. The third kappa shape index (κ3) is 4.90. The molecule has 140 valence electrons. The van der Waals surface area contributed by atoms with E-state index >= 15 is 0 Å². The fraction of sp³-hybridized carbons (Fsp3) is 0.500. The summed E-state index contributed by atoms with van der Waals surface area (Å²) < 4.78 is 0. The van der Waals surface area contributed by atoms with Crippen LogP contribution < -0.4 is 10.6 Å². The number of hydrogen-bond acceptors (Lipinski definition) is 6. The molecule has 1 saturated heterocycles.